The Balaban J connectivity index is 1.68. The lowest BCUT2D eigenvalue weighted by atomic mass is 9.78. The molecule has 4 rings (SSSR count). The van der Waals surface area contributed by atoms with Crippen molar-refractivity contribution in [3.63, 3.8) is 0 Å². The van der Waals surface area contributed by atoms with Crippen LogP contribution in [0.5, 0.6) is 0 Å². The van der Waals surface area contributed by atoms with E-state index in [1.54, 1.807) is 54.9 Å². The Kier molecular flexibility index (Phi) is 25.4. The van der Waals surface area contributed by atoms with Crippen molar-refractivity contribution < 1.29 is 77.2 Å². The highest BCUT2D eigenvalue weighted by Gasteiger charge is 2.53. The van der Waals surface area contributed by atoms with E-state index in [4.69, 9.17) is 33.2 Å². The molecular formula is C59H93NO16. The van der Waals surface area contributed by atoms with Gasteiger partial charge in [-0.1, -0.05) is 71.1 Å². The number of cyclic esters (lactones) is 1. The van der Waals surface area contributed by atoms with Crippen LogP contribution in [0.1, 0.15) is 146 Å². The quantitative estimate of drug-likeness (QED) is 0.100. The zero-order valence-corrected chi connectivity index (χ0v) is 47.8. The molecule has 2 saturated heterocycles. The normalized spacial score (nSPS) is 36.0. The van der Waals surface area contributed by atoms with Crippen LogP contribution < -0.4 is 0 Å². The van der Waals surface area contributed by atoms with Gasteiger partial charge in [0.15, 0.2) is 5.78 Å². The summed E-state index contributed by atoms with van der Waals surface area (Å²) in [6.07, 6.45) is 9.92. The maximum atomic E-state index is 14.6. The number of rotatable bonds is 12. The van der Waals surface area contributed by atoms with Gasteiger partial charge in [-0.3, -0.25) is 24.0 Å². The maximum Gasteiger partial charge on any atom is 0.329 e. The SMILES string of the molecule is CO[C@H]1C[C@@H]2CC[C@@H](C)[C@@](O)(O2)C(=O)C(=O)N2CCCC[C@H]2C(=O)O[C@H]([C@H](C)C[C@@H]2CC[C@@H](OC(=O)C(C)(CO)COC(C)C)[C@H](OC)C2)CC(=O)[C@H](C)/C=C(\C)[C@@H](O)[C@@H](OC)C(=O)[C@H](C)C[C@H](C)/C=C/C=CC=C1C. The van der Waals surface area contributed by atoms with Crippen LogP contribution in [0.15, 0.2) is 47.6 Å². The molecule has 1 unspecified atom stereocenters. The lowest BCUT2D eigenvalue weighted by molar-refractivity contribution is -0.265. The number of hydrogen-bond donors (Lipinski definition) is 3. The van der Waals surface area contributed by atoms with Gasteiger partial charge in [-0.15, -0.1) is 0 Å². The molecule has 0 aromatic carbocycles. The lowest BCUT2D eigenvalue weighted by Crippen LogP contribution is -2.61. The molecular weight excluding hydrogens is 979 g/mol. The molecule has 430 valence electrons. The van der Waals surface area contributed by atoms with Gasteiger partial charge in [0.2, 0.25) is 5.79 Å². The molecule has 0 radical (unpaired) electrons. The minimum atomic E-state index is -2.47. The Morgan fingerprint density at radius 1 is 0.868 bits per heavy atom. The third kappa shape index (κ3) is 17.3. The Hall–Kier alpha value is -3.94. The van der Waals surface area contributed by atoms with Crippen molar-refractivity contribution in [1.29, 1.82) is 0 Å². The van der Waals surface area contributed by atoms with Crippen LogP contribution in [-0.2, 0) is 61.9 Å². The van der Waals surface area contributed by atoms with E-state index in [1.165, 1.54) is 12.0 Å². The summed E-state index contributed by atoms with van der Waals surface area (Å²) in [6, 6.07) is -1.19. The van der Waals surface area contributed by atoms with Gasteiger partial charge in [0.1, 0.15) is 41.7 Å². The molecule has 16 atom stereocenters. The second kappa shape index (κ2) is 29.9. The van der Waals surface area contributed by atoms with Crippen molar-refractivity contribution in [2.45, 2.75) is 207 Å². The fourth-order valence-corrected chi connectivity index (χ4v) is 11.0. The van der Waals surface area contributed by atoms with E-state index in [2.05, 4.69) is 0 Å². The van der Waals surface area contributed by atoms with Gasteiger partial charge < -0.3 is 53.4 Å². The van der Waals surface area contributed by atoms with Crippen LogP contribution in [0.2, 0.25) is 0 Å². The number of allylic oxidation sites excluding steroid dienone is 6. The molecule has 1 amide bonds. The first-order valence-corrected chi connectivity index (χ1v) is 27.8. The smallest absolute Gasteiger partial charge is 0.329 e. The Morgan fingerprint density at radius 2 is 1.58 bits per heavy atom. The molecule has 0 aromatic heterocycles. The van der Waals surface area contributed by atoms with Crippen LogP contribution in [0, 0.1) is 40.9 Å². The van der Waals surface area contributed by atoms with Crippen LogP contribution >= 0.6 is 0 Å². The molecule has 1 aliphatic carbocycles. The fourth-order valence-electron chi connectivity index (χ4n) is 11.0. The molecule has 3 fully saturated rings. The number of ether oxygens (including phenoxy) is 7. The summed E-state index contributed by atoms with van der Waals surface area (Å²) in [5, 5.41) is 33.8. The van der Waals surface area contributed by atoms with E-state index in [0.29, 0.717) is 69.8 Å². The molecule has 1 saturated carbocycles. The number of piperidine rings is 1. The lowest BCUT2D eigenvalue weighted by Gasteiger charge is -2.42. The average molecular weight is 1070 g/mol. The summed E-state index contributed by atoms with van der Waals surface area (Å²) in [5.74, 6) is -9.12. The third-order valence-electron chi connectivity index (χ3n) is 16.3. The third-order valence-corrected chi connectivity index (χ3v) is 16.3. The summed E-state index contributed by atoms with van der Waals surface area (Å²) >= 11 is 0. The largest absolute Gasteiger partial charge is 0.460 e. The van der Waals surface area contributed by atoms with Crippen LogP contribution in [0.25, 0.3) is 0 Å². The first-order valence-electron chi connectivity index (χ1n) is 27.8. The first kappa shape index (κ1) is 64.6. The highest BCUT2D eigenvalue weighted by Crippen LogP contribution is 2.39. The Bertz CT molecular complexity index is 2080. The van der Waals surface area contributed by atoms with Gasteiger partial charge >= 0.3 is 11.9 Å². The fraction of sp³-hybridized carbons (Fsp3) is 0.763. The van der Waals surface area contributed by atoms with Crippen molar-refractivity contribution in [2.75, 3.05) is 41.1 Å². The molecule has 2 bridgehead atoms. The number of carbonyl (C=O) groups excluding carboxylic acids is 6. The van der Waals surface area contributed by atoms with Crippen molar-refractivity contribution in [2.24, 2.45) is 40.9 Å². The number of carbonyl (C=O) groups is 6. The predicted molar refractivity (Wildman–Crippen MR) is 285 cm³/mol. The van der Waals surface area contributed by atoms with Crippen molar-refractivity contribution in [1.82, 2.24) is 4.90 Å². The summed E-state index contributed by atoms with van der Waals surface area (Å²) in [5.41, 5.74) is -0.0531. The molecule has 76 heavy (non-hydrogen) atoms. The molecule has 17 heteroatoms. The number of hydrogen-bond acceptors (Lipinski definition) is 16. The minimum absolute atomic E-state index is 0.00438. The highest BCUT2D eigenvalue weighted by molar-refractivity contribution is 6.39. The number of Topliss-reactive ketones (excluding diaryl/α,β-unsaturated/α-hetero) is 3. The average Bonchev–Trinajstić information content (AvgIpc) is 3.39. The second-order valence-electron chi connectivity index (χ2n) is 23.0. The minimum Gasteiger partial charge on any atom is -0.460 e. The molecule has 3 N–H and O–H groups in total. The number of nitrogens with zero attached hydrogens (tertiary/aromatic N) is 1. The Labute approximate surface area is 452 Å². The van der Waals surface area contributed by atoms with Gasteiger partial charge in [-0.2, -0.15) is 0 Å². The number of fused-ring (bicyclic) bond motifs is 3. The standard InChI is InChI=1S/C59H93NO16/c1-35(2)73-34-58(10,33-61)57(68)75-47-25-23-43(30-50(47)71-12)29-39(6)49-32-46(62)38(5)28-41(8)52(64)53(72-13)51(63)40(7)27-36(3)19-15-14-16-20-37(4)48(70-11)31-44-24-22-42(9)59(69,76-44)54(65)55(66)60-26-18-17-21-45(60)56(67)74-49/h14-16,19-20,28,35-36,38-40,42-45,47-50,52-53,61,64,69H,17-18,21-27,29-34H2,1-13H3/b16-14?,19-15+,37-20?,41-28+/t36-,38-,39-,40-,42-,43+,44+,45+,47-,48+,49+,50-,52-,53+,58?,59-/m1/s1. The van der Waals surface area contributed by atoms with Gasteiger partial charge in [-0.25, -0.2) is 4.79 Å². The summed E-state index contributed by atoms with van der Waals surface area (Å²) < 4.78 is 41.5. The zero-order valence-electron chi connectivity index (χ0n) is 47.8. The molecule has 17 nitrogen and oxygen atoms in total. The van der Waals surface area contributed by atoms with E-state index in [9.17, 15) is 44.1 Å². The first-order chi connectivity index (χ1) is 35.8. The number of ketones is 3. The molecule has 4 aliphatic rings. The highest BCUT2D eigenvalue weighted by atomic mass is 16.6. The number of esters is 2. The van der Waals surface area contributed by atoms with E-state index >= 15 is 0 Å². The zero-order chi connectivity index (χ0) is 56.7. The van der Waals surface area contributed by atoms with Crippen LogP contribution in [-0.4, -0.2) is 157 Å². The van der Waals surface area contributed by atoms with Crippen molar-refractivity contribution in [3.8, 4) is 0 Å². The van der Waals surface area contributed by atoms with E-state index in [1.807, 2.05) is 65.0 Å². The molecule has 3 heterocycles. The van der Waals surface area contributed by atoms with Gasteiger partial charge in [-0.05, 0) is 128 Å². The monoisotopic (exact) mass is 1070 g/mol. The Morgan fingerprint density at radius 3 is 2.22 bits per heavy atom. The molecule has 3 aliphatic heterocycles. The van der Waals surface area contributed by atoms with E-state index in [-0.39, 0.29) is 55.5 Å². The predicted octanol–water partition coefficient (Wildman–Crippen LogP) is 7.16. The molecule has 0 aromatic rings. The topological polar surface area (TPSA) is 231 Å². The van der Waals surface area contributed by atoms with Crippen molar-refractivity contribution >= 4 is 35.2 Å². The van der Waals surface area contributed by atoms with Gasteiger partial charge in [0, 0.05) is 58.5 Å². The number of aliphatic hydroxyl groups is 3. The van der Waals surface area contributed by atoms with E-state index < -0.39 is 114 Å². The summed E-state index contributed by atoms with van der Waals surface area (Å²) in [6.45, 7) is 17.4. The number of aliphatic hydroxyl groups excluding tert-OH is 2. The summed E-state index contributed by atoms with van der Waals surface area (Å²) in [7, 11) is 4.48. The second-order valence-corrected chi connectivity index (χ2v) is 23.0. The summed E-state index contributed by atoms with van der Waals surface area (Å²) in [4.78, 5) is 86.1. The van der Waals surface area contributed by atoms with Crippen LogP contribution in [0.3, 0.4) is 0 Å². The number of methoxy groups -OCH3 is 3. The van der Waals surface area contributed by atoms with Crippen LogP contribution in [0.4, 0.5) is 0 Å². The van der Waals surface area contributed by atoms with Crippen molar-refractivity contribution in [3.05, 3.63) is 47.6 Å². The van der Waals surface area contributed by atoms with E-state index in [0.717, 1.165) is 5.57 Å². The van der Waals surface area contributed by atoms with Gasteiger partial charge in [0.05, 0.1) is 37.6 Å². The van der Waals surface area contributed by atoms with Gasteiger partial charge in [0.25, 0.3) is 11.7 Å². The number of amides is 1. The molecule has 0 spiro atoms. The maximum absolute atomic E-state index is 14.6.